The third kappa shape index (κ3) is 9.87. The van der Waals surface area contributed by atoms with E-state index in [4.69, 9.17) is 18.9 Å². The van der Waals surface area contributed by atoms with Crippen molar-refractivity contribution in [3.05, 3.63) is 36.4 Å². The van der Waals surface area contributed by atoms with Gasteiger partial charge >= 0.3 is 0 Å². The molecule has 0 aliphatic rings. The van der Waals surface area contributed by atoms with E-state index in [9.17, 15) is 0 Å². The van der Waals surface area contributed by atoms with Gasteiger partial charge in [0.2, 0.25) is 0 Å². The summed E-state index contributed by atoms with van der Waals surface area (Å²) in [6.45, 7) is 11.5. The third-order valence-electron chi connectivity index (χ3n) is 5.63. The van der Waals surface area contributed by atoms with Gasteiger partial charge < -0.3 is 18.9 Å². The molecule has 0 saturated carbocycles. The summed E-state index contributed by atoms with van der Waals surface area (Å²) in [5.41, 5.74) is 1.94. The highest BCUT2D eigenvalue weighted by atomic mass is 16.5. The number of benzene rings is 2. The first-order chi connectivity index (χ1) is 16.7. The van der Waals surface area contributed by atoms with Gasteiger partial charge in [-0.3, -0.25) is 0 Å². The first-order valence-corrected chi connectivity index (χ1v) is 13.4. The molecule has 0 N–H and O–H groups in total. The fourth-order valence-electron chi connectivity index (χ4n) is 3.59. The molecule has 0 spiro atoms. The van der Waals surface area contributed by atoms with Crippen LogP contribution in [0.2, 0.25) is 0 Å². The van der Waals surface area contributed by atoms with Crippen molar-refractivity contribution in [1.82, 2.24) is 0 Å². The molecule has 189 valence electrons. The van der Waals surface area contributed by atoms with E-state index in [2.05, 4.69) is 45.9 Å². The highest BCUT2D eigenvalue weighted by molar-refractivity contribution is 5.78. The zero-order chi connectivity index (χ0) is 24.4. The van der Waals surface area contributed by atoms with Crippen LogP contribution in [0.4, 0.5) is 0 Å². The first-order valence-electron chi connectivity index (χ1n) is 13.4. The quantitative estimate of drug-likeness (QED) is 0.193. The van der Waals surface area contributed by atoms with Crippen LogP contribution in [-0.2, 0) is 0 Å². The van der Waals surface area contributed by atoms with Crippen molar-refractivity contribution in [1.29, 1.82) is 0 Å². The van der Waals surface area contributed by atoms with E-state index in [0.717, 1.165) is 85.5 Å². The van der Waals surface area contributed by atoms with Crippen LogP contribution in [-0.4, -0.2) is 26.4 Å². The molecule has 0 saturated heterocycles. The monoisotopic (exact) mass is 469 g/mol. The predicted molar refractivity (Wildman–Crippen MR) is 142 cm³/mol. The lowest BCUT2D eigenvalue weighted by Crippen LogP contribution is -2.04. The minimum atomic E-state index is 0.681. The van der Waals surface area contributed by atoms with Gasteiger partial charge in [0.1, 0.15) is 23.0 Å². The Hall–Kier alpha value is -2.36. The van der Waals surface area contributed by atoms with Crippen LogP contribution in [0.15, 0.2) is 30.3 Å². The number of hydrogen-bond donors (Lipinski definition) is 0. The molecule has 0 aromatic heterocycles. The van der Waals surface area contributed by atoms with E-state index >= 15 is 0 Å². The molecule has 0 bridgehead atoms. The maximum atomic E-state index is 6.25. The van der Waals surface area contributed by atoms with Gasteiger partial charge in [0.05, 0.1) is 32.0 Å². The van der Waals surface area contributed by atoms with E-state index in [1.807, 2.05) is 18.2 Å². The Kier molecular flexibility index (Phi) is 14.0. The van der Waals surface area contributed by atoms with Crippen LogP contribution in [0.5, 0.6) is 23.0 Å². The van der Waals surface area contributed by atoms with Crippen LogP contribution >= 0.6 is 0 Å². The van der Waals surface area contributed by atoms with Crippen molar-refractivity contribution in [2.75, 3.05) is 26.4 Å². The molecule has 0 aliphatic heterocycles. The molecule has 1 radical (unpaired) electrons. The van der Waals surface area contributed by atoms with Gasteiger partial charge in [-0.15, -0.1) is 0 Å². The van der Waals surface area contributed by atoms with Crippen LogP contribution in [0.25, 0.3) is 11.1 Å². The van der Waals surface area contributed by atoms with Crippen molar-refractivity contribution in [3.63, 3.8) is 0 Å². The Morgan fingerprint density at radius 1 is 0.529 bits per heavy atom. The van der Waals surface area contributed by atoms with E-state index in [1.165, 1.54) is 12.8 Å². The Morgan fingerprint density at radius 2 is 0.971 bits per heavy atom. The Bertz CT molecular complexity index is 744. The van der Waals surface area contributed by atoms with E-state index in [0.29, 0.717) is 26.4 Å². The maximum Gasteiger partial charge on any atom is 0.131 e. The van der Waals surface area contributed by atoms with Crippen LogP contribution in [0.3, 0.4) is 0 Å². The minimum Gasteiger partial charge on any atom is -0.493 e. The van der Waals surface area contributed by atoms with E-state index < -0.39 is 0 Å². The Morgan fingerprint density at radius 3 is 1.41 bits per heavy atom. The van der Waals surface area contributed by atoms with E-state index in [1.54, 1.807) is 0 Å². The van der Waals surface area contributed by atoms with Gasteiger partial charge in [0.15, 0.2) is 0 Å². The third-order valence-corrected chi connectivity index (χ3v) is 5.63. The van der Waals surface area contributed by atoms with Gasteiger partial charge in [-0.05, 0) is 61.6 Å². The van der Waals surface area contributed by atoms with Crippen molar-refractivity contribution in [2.45, 2.75) is 91.9 Å². The normalized spacial score (nSPS) is 10.8. The lowest BCUT2D eigenvalue weighted by atomic mass is 10.0. The SMILES string of the molecule is CCCCCOc1c[c]cc(OCCCCC)c1-c1cc(OCCCC)cc(OCCCC)c1. The summed E-state index contributed by atoms with van der Waals surface area (Å²) >= 11 is 0. The molecule has 2 aromatic carbocycles. The molecule has 4 heteroatoms. The molecular weight excluding hydrogens is 424 g/mol. The molecule has 2 aromatic rings. The predicted octanol–water partition coefficient (Wildman–Crippen LogP) is 8.65. The van der Waals surface area contributed by atoms with Crippen molar-refractivity contribution < 1.29 is 18.9 Å². The largest absolute Gasteiger partial charge is 0.493 e. The summed E-state index contributed by atoms with van der Waals surface area (Å²) in [4.78, 5) is 0. The van der Waals surface area contributed by atoms with Crippen LogP contribution < -0.4 is 18.9 Å². The van der Waals surface area contributed by atoms with E-state index in [-0.39, 0.29) is 0 Å². The van der Waals surface area contributed by atoms with Crippen molar-refractivity contribution in [3.8, 4) is 34.1 Å². The van der Waals surface area contributed by atoms with Gasteiger partial charge in [-0.2, -0.15) is 0 Å². The molecule has 34 heavy (non-hydrogen) atoms. The topological polar surface area (TPSA) is 36.9 Å². The summed E-state index contributed by atoms with van der Waals surface area (Å²) in [5.74, 6) is 3.24. The molecule has 0 unspecified atom stereocenters. The summed E-state index contributed by atoms with van der Waals surface area (Å²) in [7, 11) is 0. The van der Waals surface area contributed by atoms with Crippen LogP contribution in [0, 0.1) is 6.07 Å². The highest BCUT2D eigenvalue weighted by Gasteiger charge is 2.16. The average molecular weight is 470 g/mol. The van der Waals surface area contributed by atoms with Gasteiger partial charge in [-0.25, -0.2) is 0 Å². The van der Waals surface area contributed by atoms with Crippen LogP contribution in [0.1, 0.15) is 91.9 Å². The average Bonchev–Trinajstić information content (AvgIpc) is 2.85. The fraction of sp³-hybridized carbons (Fsp3) is 0.600. The number of ether oxygens (including phenoxy) is 4. The minimum absolute atomic E-state index is 0.681. The molecule has 0 aliphatic carbocycles. The fourth-order valence-corrected chi connectivity index (χ4v) is 3.59. The summed E-state index contributed by atoms with van der Waals surface area (Å²) < 4.78 is 24.7. The zero-order valence-electron chi connectivity index (χ0n) is 21.9. The smallest absolute Gasteiger partial charge is 0.131 e. The molecule has 0 amide bonds. The summed E-state index contributed by atoms with van der Waals surface area (Å²) in [5, 5.41) is 0. The lowest BCUT2D eigenvalue weighted by molar-refractivity contribution is 0.292. The Labute approximate surface area is 208 Å². The highest BCUT2D eigenvalue weighted by Crippen LogP contribution is 2.41. The van der Waals surface area contributed by atoms with Crippen molar-refractivity contribution in [2.24, 2.45) is 0 Å². The maximum absolute atomic E-state index is 6.25. The lowest BCUT2D eigenvalue weighted by Gasteiger charge is -2.18. The second-order valence-electron chi connectivity index (χ2n) is 8.77. The first kappa shape index (κ1) is 27.9. The van der Waals surface area contributed by atoms with Gasteiger partial charge in [-0.1, -0.05) is 66.2 Å². The molecule has 4 nitrogen and oxygen atoms in total. The molecule has 0 heterocycles. The standard InChI is InChI=1S/C30H45O4/c1-5-9-13-20-33-28-16-15-17-29(34-21-14-10-6-2)30(28)25-22-26(31-18-11-7-3)24-27(23-25)32-19-12-8-4/h16-17,22-24H,5-14,18-21H2,1-4H3. The Balaban J connectivity index is 2.40. The number of unbranched alkanes of at least 4 members (excludes halogenated alkanes) is 6. The molecule has 2 rings (SSSR count). The second-order valence-corrected chi connectivity index (χ2v) is 8.77. The van der Waals surface area contributed by atoms with Crippen molar-refractivity contribution >= 4 is 0 Å². The summed E-state index contributed by atoms with van der Waals surface area (Å²) in [6, 6.07) is 13.2. The number of hydrogen-bond acceptors (Lipinski definition) is 4. The zero-order valence-corrected chi connectivity index (χ0v) is 21.9. The molecular formula is C30H45O4. The van der Waals surface area contributed by atoms with Gasteiger partial charge in [0.25, 0.3) is 0 Å². The number of rotatable bonds is 19. The summed E-state index contributed by atoms with van der Waals surface area (Å²) in [6.07, 6.45) is 10.9. The van der Waals surface area contributed by atoms with Gasteiger partial charge in [0, 0.05) is 6.07 Å². The molecule has 0 fully saturated rings. The molecule has 0 atom stereocenters. The second kappa shape index (κ2) is 17.1.